The topological polar surface area (TPSA) is 75.3 Å². The Bertz CT molecular complexity index is 404. The molecule has 0 heterocycles. The summed E-state index contributed by atoms with van der Waals surface area (Å²) in [5.41, 5.74) is 6.97. The van der Waals surface area contributed by atoms with E-state index in [1.165, 1.54) is 6.07 Å². The molecule has 0 saturated heterocycles. The standard InChI is InChI=1S/C11H14N2O2/c1-6-5-9(6)13-8-4-2-3-7(10(8)12)11(14)15/h2-4,6,9,13H,5,12H2,1H3,(H,14,15). The van der Waals surface area contributed by atoms with Crippen LogP contribution in [-0.2, 0) is 0 Å². The minimum Gasteiger partial charge on any atom is -0.478 e. The Kier molecular flexibility index (Phi) is 2.26. The molecule has 0 radical (unpaired) electrons. The van der Waals surface area contributed by atoms with Crippen LogP contribution in [-0.4, -0.2) is 17.1 Å². The summed E-state index contributed by atoms with van der Waals surface area (Å²) in [5, 5.41) is 12.1. The highest BCUT2D eigenvalue weighted by molar-refractivity contribution is 5.97. The van der Waals surface area contributed by atoms with E-state index in [-0.39, 0.29) is 5.56 Å². The molecular weight excluding hydrogens is 192 g/mol. The van der Waals surface area contributed by atoms with Crippen molar-refractivity contribution in [3.8, 4) is 0 Å². The minimum atomic E-state index is -0.986. The minimum absolute atomic E-state index is 0.160. The molecule has 1 aliphatic carbocycles. The second-order valence-corrected chi connectivity index (χ2v) is 4.04. The van der Waals surface area contributed by atoms with Gasteiger partial charge in [0.05, 0.1) is 16.9 Å². The summed E-state index contributed by atoms with van der Waals surface area (Å²) in [6.45, 7) is 2.15. The van der Waals surface area contributed by atoms with E-state index < -0.39 is 5.97 Å². The number of carboxylic acid groups (broad SMARTS) is 1. The second-order valence-electron chi connectivity index (χ2n) is 4.04. The second kappa shape index (κ2) is 3.46. The van der Waals surface area contributed by atoms with Gasteiger partial charge in [0.25, 0.3) is 0 Å². The van der Waals surface area contributed by atoms with Gasteiger partial charge in [0.15, 0.2) is 0 Å². The maximum absolute atomic E-state index is 10.8. The van der Waals surface area contributed by atoms with Crippen molar-refractivity contribution in [1.29, 1.82) is 0 Å². The molecule has 4 heteroatoms. The quantitative estimate of drug-likeness (QED) is 0.659. The van der Waals surface area contributed by atoms with Crippen LogP contribution in [0.15, 0.2) is 18.2 Å². The molecule has 1 aliphatic rings. The summed E-state index contributed by atoms with van der Waals surface area (Å²) in [4.78, 5) is 10.8. The van der Waals surface area contributed by atoms with Gasteiger partial charge >= 0.3 is 5.97 Å². The highest BCUT2D eigenvalue weighted by Gasteiger charge is 2.32. The summed E-state index contributed by atoms with van der Waals surface area (Å²) in [5.74, 6) is -0.335. The molecule has 0 bridgehead atoms. The molecule has 1 aromatic rings. The molecule has 0 aromatic heterocycles. The lowest BCUT2D eigenvalue weighted by Gasteiger charge is -2.10. The van der Waals surface area contributed by atoms with Crippen LogP contribution in [0.2, 0.25) is 0 Å². The van der Waals surface area contributed by atoms with E-state index in [2.05, 4.69) is 12.2 Å². The van der Waals surface area contributed by atoms with E-state index in [1.54, 1.807) is 6.07 Å². The molecule has 2 rings (SSSR count). The molecule has 1 aromatic carbocycles. The highest BCUT2D eigenvalue weighted by Crippen LogP contribution is 2.35. The van der Waals surface area contributed by atoms with Crippen LogP contribution >= 0.6 is 0 Å². The Balaban J connectivity index is 2.23. The third kappa shape index (κ3) is 1.88. The van der Waals surface area contributed by atoms with Crippen molar-refractivity contribution in [3.05, 3.63) is 23.8 Å². The number of carboxylic acids is 1. The molecule has 80 valence electrons. The van der Waals surface area contributed by atoms with Gasteiger partial charge in [-0.2, -0.15) is 0 Å². The van der Waals surface area contributed by atoms with E-state index in [4.69, 9.17) is 10.8 Å². The van der Waals surface area contributed by atoms with Crippen molar-refractivity contribution in [2.24, 2.45) is 5.92 Å². The Morgan fingerprint density at radius 2 is 2.27 bits per heavy atom. The SMILES string of the molecule is CC1CC1Nc1cccc(C(=O)O)c1N. The molecule has 1 saturated carbocycles. The van der Waals surface area contributed by atoms with Crippen molar-refractivity contribution in [1.82, 2.24) is 0 Å². The molecule has 0 amide bonds. The third-order valence-electron chi connectivity index (χ3n) is 2.79. The normalized spacial score (nSPS) is 23.5. The Morgan fingerprint density at radius 3 is 2.80 bits per heavy atom. The lowest BCUT2D eigenvalue weighted by molar-refractivity contribution is 0.0698. The number of nitrogen functional groups attached to an aromatic ring is 1. The van der Waals surface area contributed by atoms with Gasteiger partial charge in [0.1, 0.15) is 0 Å². The zero-order chi connectivity index (χ0) is 11.0. The van der Waals surface area contributed by atoms with E-state index >= 15 is 0 Å². The first kappa shape index (κ1) is 9.83. The summed E-state index contributed by atoms with van der Waals surface area (Å²) in [6.07, 6.45) is 1.12. The van der Waals surface area contributed by atoms with Crippen molar-refractivity contribution in [3.63, 3.8) is 0 Å². The molecule has 2 unspecified atom stereocenters. The zero-order valence-corrected chi connectivity index (χ0v) is 8.53. The number of anilines is 2. The van der Waals surface area contributed by atoms with Crippen LogP contribution in [0.3, 0.4) is 0 Å². The van der Waals surface area contributed by atoms with Gasteiger partial charge in [-0.25, -0.2) is 4.79 Å². The van der Waals surface area contributed by atoms with Gasteiger partial charge in [-0.15, -0.1) is 0 Å². The van der Waals surface area contributed by atoms with E-state index in [1.807, 2.05) is 6.07 Å². The molecule has 4 N–H and O–H groups in total. The number of aromatic carboxylic acids is 1. The number of nitrogens with two attached hydrogens (primary N) is 1. The maximum Gasteiger partial charge on any atom is 0.337 e. The summed E-state index contributed by atoms with van der Waals surface area (Å²) >= 11 is 0. The zero-order valence-electron chi connectivity index (χ0n) is 8.53. The number of nitrogens with one attached hydrogen (secondary N) is 1. The number of para-hydroxylation sites is 1. The number of hydrogen-bond acceptors (Lipinski definition) is 3. The van der Waals surface area contributed by atoms with E-state index in [0.717, 1.165) is 12.1 Å². The van der Waals surface area contributed by atoms with E-state index in [0.29, 0.717) is 17.6 Å². The largest absolute Gasteiger partial charge is 0.478 e. The molecule has 1 fully saturated rings. The molecule has 0 aliphatic heterocycles. The van der Waals surface area contributed by atoms with Gasteiger partial charge in [0.2, 0.25) is 0 Å². The Hall–Kier alpha value is -1.71. The average Bonchev–Trinajstić information content (AvgIpc) is 2.85. The monoisotopic (exact) mass is 206 g/mol. The first-order valence-electron chi connectivity index (χ1n) is 4.98. The predicted octanol–water partition coefficient (Wildman–Crippen LogP) is 1.79. The maximum atomic E-state index is 10.8. The van der Waals surface area contributed by atoms with Gasteiger partial charge in [-0.05, 0) is 24.5 Å². The summed E-state index contributed by atoms with van der Waals surface area (Å²) < 4.78 is 0. The summed E-state index contributed by atoms with van der Waals surface area (Å²) in [7, 11) is 0. The third-order valence-corrected chi connectivity index (χ3v) is 2.79. The number of hydrogen-bond donors (Lipinski definition) is 3. The Labute approximate surface area is 88.1 Å². The van der Waals surface area contributed by atoms with Crippen LogP contribution in [0.4, 0.5) is 11.4 Å². The number of carbonyl (C=O) groups is 1. The fourth-order valence-electron chi connectivity index (χ4n) is 1.60. The lowest BCUT2D eigenvalue weighted by Crippen LogP contribution is -2.09. The van der Waals surface area contributed by atoms with Crippen molar-refractivity contribution >= 4 is 17.3 Å². The smallest absolute Gasteiger partial charge is 0.337 e. The predicted molar refractivity (Wildman–Crippen MR) is 59.0 cm³/mol. The molecule has 4 nitrogen and oxygen atoms in total. The van der Waals surface area contributed by atoms with E-state index in [9.17, 15) is 4.79 Å². The van der Waals surface area contributed by atoms with Gasteiger partial charge < -0.3 is 16.2 Å². The number of benzene rings is 1. The summed E-state index contributed by atoms with van der Waals surface area (Å²) in [6, 6.07) is 5.47. The van der Waals surface area contributed by atoms with Crippen LogP contribution in [0.25, 0.3) is 0 Å². The number of rotatable bonds is 3. The molecule has 2 atom stereocenters. The molecule has 15 heavy (non-hydrogen) atoms. The van der Waals surface area contributed by atoms with Crippen molar-refractivity contribution in [2.45, 2.75) is 19.4 Å². The first-order valence-corrected chi connectivity index (χ1v) is 4.98. The highest BCUT2D eigenvalue weighted by atomic mass is 16.4. The van der Waals surface area contributed by atoms with Gasteiger partial charge in [0, 0.05) is 6.04 Å². The fraction of sp³-hybridized carbons (Fsp3) is 0.364. The molecular formula is C11H14N2O2. The van der Waals surface area contributed by atoms with Gasteiger partial charge in [-0.1, -0.05) is 13.0 Å². The van der Waals surface area contributed by atoms with Crippen LogP contribution in [0.5, 0.6) is 0 Å². The fourth-order valence-corrected chi connectivity index (χ4v) is 1.60. The van der Waals surface area contributed by atoms with Gasteiger partial charge in [-0.3, -0.25) is 0 Å². The average molecular weight is 206 g/mol. The first-order chi connectivity index (χ1) is 7.09. The Morgan fingerprint density at radius 1 is 1.60 bits per heavy atom. The molecule has 0 spiro atoms. The van der Waals surface area contributed by atoms with Crippen LogP contribution < -0.4 is 11.1 Å². The van der Waals surface area contributed by atoms with Crippen LogP contribution in [0.1, 0.15) is 23.7 Å². The van der Waals surface area contributed by atoms with Crippen LogP contribution in [0, 0.1) is 5.92 Å². The van der Waals surface area contributed by atoms with Crippen molar-refractivity contribution < 1.29 is 9.90 Å². The lowest BCUT2D eigenvalue weighted by atomic mass is 10.1. The van der Waals surface area contributed by atoms with Crippen molar-refractivity contribution in [2.75, 3.05) is 11.1 Å².